The Morgan fingerprint density at radius 1 is 1.54 bits per heavy atom. The Kier molecular flexibility index (Phi) is 2.27. The SMILES string of the molecule is Nc1c(CO)c(Br)cc2sccc12. The van der Waals surface area contributed by atoms with E-state index in [2.05, 4.69) is 15.9 Å². The zero-order chi connectivity index (χ0) is 9.42. The number of rotatable bonds is 1. The summed E-state index contributed by atoms with van der Waals surface area (Å²) in [6, 6.07) is 3.96. The van der Waals surface area contributed by atoms with Crippen molar-refractivity contribution in [1.82, 2.24) is 0 Å². The van der Waals surface area contributed by atoms with Crippen LogP contribution in [-0.4, -0.2) is 5.11 Å². The molecule has 0 bridgehead atoms. The molecular weight excluding hydrogens is 250 g/mol. The molecule has 2 aromatic rings. The maximum Gasteiger partial charge on any atom is 0.0713 e. The quantitative estimate of drug-likeness (QED) is 0.772. The summed E-state index contributed by atoms with van der Waals surface area (Å²) in [4.78, 5) is 0. The summed E-state index contributed by atoms with van der Waals surface area (Å²) in [6.07, 6.45) is 0. The van der Waals surface area contributed by atoms with Crippen LogP contribution in [0.1, 0.15) is 5.56 Å². The highest BCUT2D eigenvalue weighted by Crippen LogP contribution is 2.34. The third kappa shape index (κ3) is 1.35. The highest BCUT2D eigenvalue weighted by atomic mass is 79.9. The van der Waals surface area contributed by atoms with Crippen LogP contribution in [0.4, 0.5) is 5.69 Å². The van der Waals surface area contributed by atoms with E-state index in [1.807, 2.05) is 17.5 Å². The lowest BCUT2D eigenvalue weighted by Gasteiger charge is -2.06. The molecule has 0 fully saturated rings. The molecule has 0 spiro atoms. The minimum absolute atomic E-state index is 0.0296. The molecule has 0 radical (unpaired) electrons. The van der Waals surface area contributed by atoms with Crippen molar-refractivity contribution < 1.29 is 5.11 Å². The first kappa shape index (κ1) is 8.99. The summed E-state index contributed by atoms with van der Waals surface area (Å²) in [7, 11) is 0. The third-order valence-electron chi connectivity index (χ3n) is 2.01. The Hall–Kier alpha value is -0.580. The van der Waals surface area contributed by atoms with Crippen LogP contribution in [-0.2, 0) is 6.61 Å². The molecule has 2 nitrogen and oxygen atoms in total. The molecule has 1 aromatic carbocycles. The van der Waals surface area contributed by atoms with Gasteiger partial charge in [0.15, 0.2) is 0 Å². The van der Waals surface area contributed by atoms with Crippen molar-refractivity contribution in [2.75, 3.05) is 5.73 Å². The van der Waals surface area contributed by atoms with E-state index in [0.717, 1.165) is 20.1 Å². The molecule has 13 heavy (non-hydrogen) atoms. The van der Waals surface area contributed by atoms with Gasteiger partial charge >= 0.3 is 0 Å². The van der Waals surface area contributed by atoms with Crippen LogP contribution in [0.3, 0.4) is 0 Å². The normalized spacial score (nSPS) is 10.9. The fourth-order valence-electron chi connectivity index (χ4n) is 1.31. The Labute approximate surface area is 88.1 Å². The van der Waals surface area contributed by atoms with Crippen molar-refractivity contribution >= 4 is 43.0 Å². The number of benzene rings is 1. The lowest BCUT2D eigenvalue weighted by molar-refractivity contribution is 0.282. The molecule has 1 aromatic heterocycles. The van der Waals surface area contributed by atoms with Gasteiger partial charge in [0.05, 0.1) is 6.61 Å². The number of hydrogen-bond donors (Lipinski definition) is 2. The number of thiophene rings is 1. The average Bonchev–Trinajstić information content (AvgIpc) is 2.53. The van der Waals surface area contributed by atoms with E-state index in [1.54, 1.807) is 11.3 Å². The first-order valence-electron chi connectivity index (χ1n) is 3.79. The summed E-state index contributed by atoms with van der Waals surface area (Å²) < 4.78 is 2.02. The fraction of sp³-hybridized carbons (Fsp3) is 0.111. The maximum atomic E-state index is 9.09. The van der Waals surface area contributed by atoms with Gasteiger partial charge in [0.2, 0.25) is 0 Å². The number of nitrogen functional groups attached to an aromatic ring is 1. The van der Waals surface area contributed by atoms with E-state index in [-0.39, 0.29) is 6.61 Å². The highest BCUT2D eigenvalue weighted by Gasteiger charge is 2.08. The summed E-state index contributed by atoms with van der Waals surface area (Å²) >= 11 is 5.02. The van der Waals surface area contributed by atoms with Gasteiger partial charge in [0.25, 0.3) is 0 Å². The van der Waals surface area contributed by atoms with E-state index >= 15 is 0 Å². The molecule has 0 atom stereocenters. The molecule has 3 N–H and O–H groups in total. The first-order valence-corrected chi connectivity index (χ1v) is 5.46. The van der Waals surface area contributed by atoms with Crippen LogP contribution in [0.5, 0.6) is 0 Å². The predicted octanol–water partition coefficient (Wildman–Crippen LogP) is 2.74. The van der Waals surface area contributed by atoms with Gasteiger partial charge < -0.3 is 10.8 Å². The molecule has 68 valence electrons. The van der Waals surface area contributed by atoms with Gasteiger partial charge in [0, 0.05) is 25.8 Å². The van der Waals surface area contributed by atoms with Gasteiger partial charge in [-0.2, -0.15) is 0 Å². The van der Waals surface area contributed by atoms with E-state index in [4.69, 9.17) is 10.8 Å². The van der Waals surface area contributed by atoms with Crippen molar-refractivity contribution in [2.24, 2.45) is 0 Å². The van der Waals surface area contributed by atoms with Gasteiger partial charge in [-0.15, -0.1) is 11.3 Å². The second kappa shape index (κ2) is 3.29. The van der Waals surface area contributed by atoms with Crippen LogP contribution < -0.4 is 5.73 Å². The molecule has 0 aliphatic rings. The van der Waals surface area contributed by atoms with E-state index in [0.29, 0.717) is 5.69 Å². The van der Waals surface area contributed by atoms with E-state index in [9.17, 15) is 0 Å². The summed E-state index contributed by atoms with van der Waals surface area (Å²) in [5, 5.41) is 12.1. The monoisotopic (exact) mass is 257 g/mol. The van der Waals surface area contributed by atoms with Gasteiger partial charge in [-0.1, -0.05) is 15.9 Å². The van der Waals surface area contributed by atoms with Crippen molar-refractivity contribution in [3.05, 3.63) is 27.5 Å². The van der Waals surface area contributed by atoms with Crippen LogP contribution in [0.15, 0.2) is 22.0 Å². The Balaban J connectivity index is 2.85. The lowest BCUT2D eigenvalue weighted by atomic mass is 10.1. The number of anilines is 1. The number of fused-ring (bicyclic) bond motifs is 1. The molecule has 2 rings (SSSR count). The highest BCUT2D eigenvalue weighted by molar-refractivity contribution is 9.10. The van der Waals surface area contributed by atoms with E-state index < -0.39 is 0 Å². The topological polar surface area (TPSA) is 46.2 Å². The second-order valence-corrected chi connectivity index (χ2v) is 4.54. The minimum atomic E-state index is -0.0296. The van der Waals surface area contributed by atoms with Crippen molar-refractivity contribution in [3.8, 4) is 0 Å². The van der Waals surface area contributed by atoms with Crippen LogP contribution in [0, 0.1) is 0 Å². The first-order chi connectivity index (χ1) is 6.24. The van der Waals surface area contributed by atoms with Crippen LogP contribution in [0.2, 0.25) is 0 Å². The van der Waals surface area contributed by atoms with Crippen molar-refractivity contribution in [3.63, 3.8) is 0 Å². The predicted molar refractivity (Wildman–Crippen MR) is 59.9 cm³/mol. The number of hydrogen-bond acceptors (Lipinski definition) is 3. The zero-order valence-corrected chi connectivity index (χ0v) is 9.15. The summed E-state index contributed by atoms with van der Waals surface area (Å²) in [6.45, 7) is -0.0296. The van der Waals surface area contributed by atoms with Gasteiger partial charge in [-0.3, -0.25) is 0 Å². The van der Waals surface area contributed by atoms with E-state index in [1.165, 1.54) is 0 Å². The number of aliphatic hydroxyl groups excluding tert-OH is 1. The summed E-state index contributed by atoms with van der Waals surface area (Å²) in [5.74, 6) is 0. The third-order valence-corrected chi connectivity index (χ3v) is 3.59. The molecule has 0 saturated heterocycles. The average molecular weight is 258 g/mol. The molecule has 0 saturated carbocycles. The van der Waals surface area contributed by atoms with Crippen LogP contribution in [0.25, 0.3) is 10.1 Å². The second-order valence-electron chi connectivity index (χ2n) is 2.74. The van der Waals surface area contributed by atoms with Crippen molar-refractivity contribution in [1.29, 1.82) is 0 Å². The molecule has 0 unspecified atom stereocenters. The number of halogens is 1. The lowest BCUT2D eigenvalue weighted by Crippen LogP contribution is -1.95. The zero-order valence-electron chi connectivity index (χ0n) is 6.75. The molecule has 4 heteroatoms. The largest absolute Gasteiger partial charge is 0.398 e. The number of aliphatic hydroxyl groups is 1. The summed E-state index contributed by atoms with van der Waals surface area (Å²) in [5.41, 5.74) is 7.33. The minimum Gasteiger partial charge on any atom is -0.398 e. The standard InChI is InChI=1S/C9H8BrNOS/c10-7-3-8-5(1-2-13-8)9(11)6(7)4-12/h1-3,12H,4,11H2. The molecular formula is C9H8BrNOS. The fourth-order valence-corrected chi connectivity index (χ4v) is 2.87. The number of nitrogens with two attached hydrogens (primary N) is 1. The molecule has 0 aliphatic heterocycles. The molecule has 0 aliphatic carbocycles. The Morgan fingerprint density at radius 3 is 3.00 bits per heavy atom. The van der Waals surface area contributed by atoms with Gasteiger partial charge in [-0.25, -0.2) is 0 Å². The van der Waals surface area contributed by atoms with Crippen molar-refractivity contribution in [2.45, 2.75) is 6.61 Å². The maximum absolute atomic E-state index is 9.09. The molecule has 0 amide bonds. The van der Waals surface area contributed by atoms with Gasteiger partial charge in [0.1, 0.15) is 0 Å². The Bertz CT molecular complexity index is 452. The molecule has 1 heterocycles. The van der Waals surface area contributed by atoms with Crippen LogP contribution >= 0.6 is 27.3 Å². The van der Waals surface area contributed by atoms with Gasteiger partial charge in [-0.05, 0) is 17.5 Å². The smallest absolute Gasteiger partial charge is 0.0713 e. The Morgan fingerprint density at radius 2 is 2.31 bits per heavy atom.